The summed E-state index contributed by atoms with van der Waals surface area (Å²) in [6.45, 7) is 2.91. The number of carboxylic acids is 1. The van der Waals surface area contributed by atoms with Crippen molar-refractivity contribution in [2.75, 3.05) is 26.2 Å². The van der Waals surface area contributed by atoms with Gasteiger partial charge in [0.25, 0.3) is 0 Å². The lowest BCUT2D eigenvalue weighted by Gasteiger charge is -2.48. The number of carbonyl (C=O) groups is 2. The summed E-state index contributed by atoms with van der Waals surface area (Å²) in [6.07, 6.45) is 0. The standard InChI is InChI=1S/C9H14N2O4/c1-9(15)4-11(5-9)8(14)10-2-6(3-10)7(12)13/h6,15H,2-5H2,1H3,(H,12,13). The Hall–Kier alpha value is -1.30. The minimum absolute atomic E-state index is 0.168. The summed E-state index contributed by atoms with van der Waals surface area (Å²) in [5.41, 5.74) is -0.771. The van der Waals surface area contributed by atoms with E-state index >= 15 is 0 Å². The predicted molar refractivity (Wildman–Crippen MR) is 50.3 cm³/mol. The Morgan fingerprint density at radius 2 is 1.80 bits per heavy atom. The average molecular weight is 214 g/mol. The third-order valence-electron chi connectivity index (χ3n) is 2.83. The second kappa shape index (κ2) is 3.10. The van der Waals surface area contributed by atoms with Crippen LogP contribution in [0.2, 0.25) is 0 Å². The number of hydrogen-bond donors (Lipinski definition) is 2. The molecular weight excluding hydrogens is 200 g/mol. The van der Waals surface area contributed by atoms with Crippen LogP contribution in [0.5, 0.6) is 0 Å². The van der Waals surface area contributed by atoms with Crippen LogP contribution in [0.4, 0.5) is 4.79 Å². The zero-order valence-electron chi connectivity index (χ0n) is 8.51. The molecule has 2 heterocycles. The molecule has 6 nitrogen and oxygen atoms in total. The fourth-order valence-electron chi connectivity index (χ4n) is 1.90. The van der Waals surface area contributed by atoms with Gasteiger partial charge in [0.15, 0.2) is 0 Å². The molecule has 2 aliphatic rings. The molecule has 2 fully saturated rings. The van der Waals surface area contributed by atoms with Crippen LogP contribution in [-0.4, -0.2) is 63.8 Å². The number of aliphatic carboxylic acids is 1. The molecule has 6 heteroatoms. The summed E-state index contributed by atoms with van der Waals surface area (Å²) in [5.74, 6) is -1.27. The highest BCUT2D eigenvalue weighted by Gasteiger charge is 2.44. The van der Waals surface area contributed by atoms with Gasteiger partial charge in [-0.3, -0.25) is 4.79 Å². The van der Waals surface area contributed by atoms with E-state index in [1.807, 2.05) is 0 Å². The molecule has 0 saturated carbocycles. The van der Waals surface area contributed by atoms with E-state index in [-0.39, 0.29) is 19.1 Å². The molecule has 0 radical (unpaired) electrons. The van der Waals surface area contributed by atoms with Gasteiger partial charge in [-0.1, -0.05) is 0 Å². The van der Waals surface area contributed by atoms with E-state index in [0.717, 1.165) is 0 Å². The summed E-state index contributed by atoms with van der Waals surface area (Å²) < 4.78 is 0. The Bertz CT molecular complexity index is 301. The lowest BCUT2D eigenvalue weighted by Crippen LogP contribution is -2.67. The Labute approximate surface area is 87.1 Å². The monoisotopic (exact) mass is 214 g/mol. The van der Waals surface area contributed by atoms with Crippen molar-refractivity contribution in [2.24, 2.45) is 5.92 Å². The van der Waals surface area contributed by atoms with E-state index in [9.17, 15) is 14.7 Å². The fraction of sp³-hybridized carbons (Fsp3) is 0.778. The van der Waals surface area contributed by atoms with Crippen molar-refractivity contribution in [1.29, 1.82) is 0 Å². The molecule has 0 bridgehead atoms. The minimum atomic E-state index is -0.852. The van der Waals surface area contributed by atoms with Crippen LogP contribution < -0.4 is 0 Å². The third-order valence-corrected chi connectivity index (χ3v) is 2.83. The van der Waals surface area contributed by atoms with E-state index in [2.05, 4.69) is 0 Å². The molecule has 0 spiro atoms. The maximum atomic E-state index is 11.6. The van der Waals surface area contributed by atoms with Crippen LogP contribution in [0.1, 0.15) is 6.92 Å². The van der Waals surface area contributed by atoms with Gasteiger partial charge >= 0.3 is 12.0 Å². The molecule has 0 aromatic carbocycles. The van der Waals surface area contributed by atoms with Crippen molar-refractivity contribution >= 4 is 12.0 Å². The van der Waals surface area contributed by atoms with E-state index in [1.54, 1.807) is 6.92 Å². The summed E-state index contributed by atoms with van der Waals surface area (Å²) in [4.78, 5) is 25.1. The van der Waals surface area contributed by atoms with Gasteiger partial charge in [-0.25, -0.2) is 4.79 Å². The van der Waals surface area contributed by atoms with Crippen LogP contribution in [-0.2, 0) is 4.79 Å². The van der Waals surface area contributed by atoms with Crippen molar-refractivity contribution < 1.29 is 19.8 Å². The van der Waals surface area contributed by atoms with Crippen LogP contribution >= 0.6 is 0 Å². The number of urea groups is 1. The number of nitrogens with zero attached hydrogens (tertiary/aromatic N) is 2. The number of carboxylic acid groups (broad SMARTS) is 1. The summed E-state index contributed by atoms with van der Waals surface area (Å²) in [5, 5.41) is 18.1. The maximum Gasteiger partial charge on any atom is 0.320 e. The number of β-amino-alcohol motifs (C(OH)–C–C–N with tert-alkyl or cyclic N) is 1. The average Bonchev–Trinajstić information content (AvgIpc) is 1.95. The lowest BCUT2D eigenvalue weighted by atomic mass is 9.96. The first kappa shape index (κ1) is 10.2. The van der Waals surface area contributed by atoms with Crippen molar-refractivity contribution in [3.05, 3.63) is 0 Å². The number of carbonyl (C=O) groups excluding carboxylic acids is 1. The Kier molecular flexibility index (Phi) is 2.11. The fourth-order valence-corrected chi connectivity index (χ4v) is 1.90. The lowest BCUT2D eigenvalue weighted by molar-refractivity contribution is -0.146. The largest absolute Gasteiger partial charge is 0.481 e. The molecule has 2 amide bonds. The number of amides is 2. The summed E-state index contributed by atoms with van der Waals surface area (Å²) >= 11 is 0. The zero-order valence-corrected chi connectivity index (χ0v) is 8.51. The van der Waals surface area contributed by atoms with Gasteiger partial charge < -0.3 is 20.0 Å². The molecule has 0 aliphatic carbocycles. The van der Waals surface area contributed by atoms with Crippen LogP contribution in [0.15, 0.2) is 0 Å². The van der Waals surface area contributed by atoms with Crippen molar-refractivity contribution in [3.63, 3.8) is 0 Å². The molecule has 2 saturated heterocycles. The smallest absolute Gasteiger partial charge is 0.320 e. The second-order valence-electron chi connectivity index (χ2n) is 4.58. The number of hydrogen-bond acceptors (Lipinski definition) is 3. The van der Waals surface area contributed by atoms with Crippen LogP contribution in [0, 0.1) is 5.92 Å². The Morgan fingerprint density at radius 1 is 1.27 bits per heavy atom. The first-order valence-corrected chi connectivity index (χ1v) is 4.88. The van der Waals surface area contributed by atoms with Gasteiger partial charge in [0, 0.05) is 13.1 Å². The molecule has 2 aliphatic heterocycles. The molecule has 2 rings (SSSR count). The molecule has 0 unspecified atom stereocenters. The number of likely N-dealkylation sites (tertiary alicyclic amines) is 2. The highest BCUT2D eigenvalue weighted by Crippen LogP contribution is 2.24. The van der Waals surface area contributed by atoms with Gasteiger partial charge in [0.1, 0.15) is 0 Å². The van der Waals surface area contributed by atoms with Gasteiger partial charge in [-0.15, -0.1) is 0 Å². The van der Waals surface area contributed by atoms with Gasteiger partial charge in [-0.2, -0.15) is 0 Å². The zero-order chi connectivity index (χ0) is 11.2. The minimum Gasteiger partial charge on any atom is -0.481 e. The van der Waals surface area contributed by atoms with Crippen LogP contribution in [0.25, 0.3) is 0 Å². The highest BCUT2D eigenvalue weighted by atomic mass is 16.4. The van der Waals surface area contributed by atoms with Crippen LogP contribution in [0.3, 0.4) is 0 Å². The summed E-state index contributed by atoms with van der Waals surface area (Å²) in [6, 6.07) is -0.168. The molecule has 0 aromatic rings. The van der Waals surface area contributed by atoms with Crippen molar-refractivity contribution in [1.82, 2.24) is 9.80 Å². The van der Waals surface area contributed by atoms with E-state index in [4.69, 9.17) is 5.11 Å². The highest BCUT2D eigenvalue weighted by molar-refractivity contribution is 5.80. The van der Waals surface area contributed by atoms with E-state index in [1.165, 1.54) is 9.80 Å². The van der Waals surface area contributed by atoms with Gasteiger partial charge in [0.05, 0.1) is 24.6 Å². The maximum absolute atomic E-state index is 11.6. The molecule has 84 valence electrons. The second-order valence-corrected chi connectivity index (χ2v) is 4.58. The first-order chi connectivity index (χ1) is 6.89. The summed E-state index contributed by atoms with van der Waals surface area (Å²) in [7, 11) is 0. The molecule has 2 N–H and O–H groups in total. The van der Waals surface area contributed by atoms with Gasteiger partial charge in [-0.05, 0) is 6.92 Å². The molecule has 0 aromatic heterocycles. The van der Waals surface area contributed by atoms with Gasteiger partial charge in [0.2, 0.25) is 0 Å². The first-order valence-electron chi connectivity index (χ1n) is 4.88. The van der Waals surface area contributed by atoms with Crippen molar-refractivity contribution in [2.45, 2.75) is 12.5 Å². The Morgan fingerprint density at radius 3 is 2.20 bits per heavy atom. The predicted octanol–water partition coefficient (Wildman–Crippen LogP) is -0.811. The molecule has 0 atom stereocenters. The quantitative estimate of drug-likeness (QED) is 0.598. The Balaban J connectivity index is 1.78. The number of aliphatic hydroxyl groups is 1. The van der Waals surface area contributed by atoms with Crippen molar-refractivity contribution in [3.8, 4) is 0 Å². The van der Waals surface area contributed by atoms with E-state index < -0.39 is 17.5 Å². The molecular formula is C9H14N2O4. The normalized spacial score (nSPS) is 24.4. The SMILES string of the molecule is CC1(O)CN(C(=O)N2CC(C(=O)O)C2)C1. The number of rotatable bonds is 1. The topological polar surface area (TPSA) is 81.1 Å². The van der Waals surface area contributed by atoms with E-state index in [0.29, 0.717) is 13.1 Å². The third kappa shape index (κ3) is 1.77. The molecule has 15 heavy (non-hydrogen) atoms.